The molecule has 0 saturated heterocycles. The highest BCUT2D eigenvalue weighted by molar-refractivity contribution is 5.92. The molecule has 0 aliphatic rings. The number of carbonyl (C=O) groups is 2. The minimum Gasteiger partial charge on any atom is -0.481 e. The van der Waals surface area contributed by atoms with Gasteiger partial charge in [-0.1, -0.05) is 103 Å². The Balaban J connectivity index is 3.21. The Morgan fingerprint density at radius 1 is 0.731 bits per heavy atom. The molecule has 0 unspecified atom stereocenters. The molecule has 1 N–H and O–H groups in total. The van der Waals surface area contributed by atoms with Crippen LogP contribution in [0.1, 0.15) is 110 Å². The highest BCUT2D eigenvalue weighted by Gasteiger charge is 2.11. The Morgan fingerprint density at radius 2 is 1.12 bits per heavy atom. The zero-order chi connectivity index (χ0) is 19.5. The van der Waals surface area contributed by atoms with Gasteiger partial charge in [0.25, 0.3) is 0 Å². The lowest BCUT2D eigenvalue weighted by Crippen LogP contribution is -2.11. The van der Waals surface area contributed by atoms with Crippen LogP contribution in [-0.2, 0) is 14.3 Å². The third kappa shape index (κ3) is 17.5. The molecule has 0 aromatic heterocycles. The van der Waals surface area contributed by atoms with Crippen molar-refractivity contribution in [3.8, 4) is 0 Å². The first-order valence-electron chi connectivity index (χ1n) is 10.6. The maximum atomic E-state index is 11.4. The van der Waals surface area contributed by atoms with Crippen molar-refractivity contribution in [3.05, 3.63) is 12.2 Å². The summed E-state index contributed by atoms with van der Waals surface area (Å²) in [5.41, 5.74) is 0.0125. The Kier molecular flexibility index (Phi) is 17.5. The summed E-state index contributed by atoms with van der Waals surface area (Å²) >= 11 is 0. The Hall–Kier alpha value is -1.32. The lowest BCUT2D eigenvalue weighted by Gasteiger charge is -2.06. The van der Waals surface area contributed by atoms with Gasteiger partial charge in [-0.2, -0.15) is 0 Å². The second-order valence-electron chi connectivity index (χ2n) is 7.26. The number of unbranched alkanes of at least 4 members (excludes halogenated alkanes) is 14. The van der Waals surface area contributed by atoms with Gasteiger partial charge in [0.1, 0.15) is 0 Å². The smallest absolute Gasteiger partial charge is 0.333 e. The normalized spacial score (nSPS) is 10.7. The minimum atomic E-state index is -1.06. The molecular weight excluding hydrogens is 328 g/mol. The van der Waals surface area contributed by atoms with E-state index in [4.69, 9.17) is 9.84 Å². The maximum Gasteiger partial charge on any atom is 0.333 e. The van der Waals surface area contributed by atoms with Gasteiger partial charge in [-0.25, -0.2) is 4.79 Å². The largest absolute Gasteiger partial charge is 0.481 e. The second-order valence-corrected chi connectivity index (χ2v) is 7.26. The highest BCUT2D eigenvalue weighted by atomic mass is 16.5. The van der Waals surface area contributed by atoms with E-state index in [1.807, 2.05) is 0 Å². The van der Waals surface area contributed by atoms with E-state index in [1.165, 1.54) is 83.5 Å². The van der Waals surface area contributed by atoms with Crippen molar-refractivity contribution < 1.29 is 19.4 Å². The van der Waals surface area contributed by atoms with E-state index in [0.717, 1.165) is 12.8 Å². The van der Waals surface area contributed by atoms with Crippen molar-refractivity contribution in [2.75, 3.05) is 6.61 Å². The fraction of sp³-hybridized carbons (Fsp3) is 0.818. The number of carboxylic acid groups (broad SMARTS) is 1. The predicted octanol–water partition coefficient (Wildman–Crippen LogP) is 6.43. The van der Waals surface area contributed by atoms with Gasteiger partial charge in [-0.05, 0) is 6.42 Å². The molecule has 0 aliphatic carbocycles. The Morgan fingerprint density at radius 3 is 1.50 bits per heavy atom. The summed E-state index contributed by atoms with van der Waals surface area (Å²) < 4.78 is 5.02. The summed E-state index contributed by atoms with van der Waals surface area (Å²) in [7, 11) is 0. The summed E-state index contributed by atoms with van der Waals surface area (Å²) in [6.07, 6.45) is 19.1. The van der Waals surface area contributed by atoms with E-state index >= 15 is 0 Å². The standard InChI is InChI=1S/C22H40O4/c1-3-4-5-6-7-8-9-10-11-12-13-14-15-16-17-18-26-22(25)20(2)19-21(23)24/h2-19H2,1H3,(H,23,24). The molecule has 0 heterocycles. The van der Waals surface area contributed by atoms with E-state index in [9.17, 15) is 9.59 Å². The van der Waals surface area contributed by atoms with Crippen molar-refractivity contribution in [2.24, 2.45) is 0 Å². The van der Waals surface area contributed by atoms with E-state index in [1.54, 1.807) is 0 Å². The molecule has 152 valence electrons. The van der Waals surface area contributed by atoms with Crippen LogP contribution in [0.15, 0.2) is 12.2 Å². The molecule has 0 saturated carbocycles. The van der Waals surface area contributed by atoms with E-state index < -0.39 is 11.9 Å². The van der Waals surface area contributed by atoms with Crippen molar-refractivity contribution in [1.82, 2.24) is 0 Å². The molecule has 0 aliphatic heterocycles. The first-order valence-corrected chi connectivity index (χ1v) is 10.6. The first-order chi connectivity index (χ1) is 12.6. The molecule has 0 bridgehead atoms. The van der Waals surface area contributed by atoms with Crippen LogP contribution in [0.2, 0.25) is 0 Å². The first kappa shape index (κ1) is 24.7. The SMILES string of the molecule is C=C(CC(=O)O)C(=O)OCCCCCCCCCCCCCCCCC. The molecule has 0 aromatic rings. The molecule has 0 spiro atoms. The van der Waals surface area contributed by atoms with Gasteiger partial charge in [0.2, 0.25) is 0 Å². The number of esters is 1. The summed E-state index contributed by atoms with van der Waals surface area (Å²) in [6.45, 7) is 6.05. The maximum absolute atomic E-state index is 11.4. The Bertz CT molecular complexity index is 376. The van der Waals surface area contributed by atoms with Crippen LogP contribution in [0.25, 0.3) is 0 Å². The number of rotatable bonds is 19. The number of carboxylic acids is 1. The second kappa shape index (κ2) is 18.5. The van der Waals surface area contributed by atoms with Gasteiger partial charge < -0.3 is 9.84 Å². The summed E-state index contributed by atoms with van der Waals surface area (Å²) in [6, 6.07) is 0. The average molecular weight is 369 g/mol. The number of ether oxygens (including phenoxy) is 1. The Labute approximate surface area is 160 Å². The molecule has 0 atom stereocenters. The van der Waals surface area contributed by atoms with E-state index in [0.29, 0.717) is 6.61 Å². The van der Waals surface area contributed by atoms with Gasteiger partial charge in [0.05, 0.1) is 13.0 Å². The molecule has 0 aromatic carbocycles. The molecule has 0 rings (SSSR count). The minimum absolute atomic E-state index is 0.0125. The van der Waals surface area contributed by atoms with E-state index in [-0.39, 0.29) is 12.0 Å². The van der Waals surface area contributed by atoms with Gasteiger partial charge in [-0.3, -0.25) is 4.79 Å². The lowest BCUT2D eigenvalue weighted by atomic mass is 10.0. The fourth-order valence-electron chi connectivity index (χ4n) is 3.00. The van der Waals surface area contributed by atoms with Crippen molar-refractivity contribution >= 4 is 11.9 Å². The van der Waals surface area contributed by atoms with Crippen molar-refractivity contribution in [1.29, 1.82) is 0 Å². The van der Waals surface area contributed by atoms with Gasteiger partial charge >= 0.3 is 11.9 Å². The van der Waals surface area contributed by atoms with Crippen molar-refractivity contribution in [3.63, 3.8) is 0 Å². The van der Waals surface area contributed by atoms with Gasteiger partial charge in [0, 0.05) is 5.57 Å². The van der Waals surface area contributed by atoms with Gasteiger partial charge in [-0.15, -0.1) is 0 Å². The van der Waals surface area contributed by atoms with E-state index in [2.05, 4.69) is 13.5 Å². The van der Waals surface area contributed by atoms with Crippen LogP contribution in [0.3, 0.4) is 0 Å². The zero-order valence-corrected chi connectivity index (χ0v) is 16.9. The predicted molar refractivity (Wildman–Crippen MR) is 107 cm³/mol. The summed E-state index contributed by atoms with van der Waals surface area (Å²) in [5.74, 6) is -1.64. The van der Waals surface area contributed by atoms with Crippen LogP contribution in [-0.4, -0.2) is 23.7 Å². The van der Waals surface area contributed by atoms with Crippen LogP contribution in [0, 0.1) is 0 Å². The average Bonchev–Trinajstić information content (AvgIpc) is 2.60. The quantitative estimate of drug-likeness (QED) is 0.162. The van der Waals surface area contributed by atoms with Crippen LogP contribution in [0.5, 0.6) is 0 Å². The fourth-order valence-corrected chi connectivity index (χ4v) is 3.00. The lowest BCUT2D eigenvalue weighted by molar-refractivity contribution is -0.142. The number of carbonyl (C=O) groups excluding carboxylic acids is 1. The number of aliphatic carboxylic acids is 1. The van der Waals surface area contributed by atoms with Crippen LogP contribution in [0.4, 0.5) is 0 Å². The molecule has 0 amide bonds. The molecule has 4 heteroatoms. The number of hydrogen-bond donors (Lipinski definition) is 1. The van der Waals surface area contributed by atoms with Crippen LogP contribution >= 0.6 is 0 Å². The topological polar surface area (TPSA) is 63.6 Å². The third-order valence-corrected chi connectivity index (χ3v) is 4.63. The van der Waals surface area contributed by atoms with Gasteiger partial charge in [0.15, 0.2) is 0 Å². The third-order valence-electron chi connectivity index (χ3n) is 4.63. The number of hydrogen-bond acceptors (Lipinski definition) is 3. The molecule has 0 fully saturated rings. The highest BCUT2D eigenvalue weighted by Crippen LogP contribution is 2.13. The summed E-state index contributed by atoms with van der Waals surface area (Å²) in [5, 5.41) is 8.58. The summed E-state index contributed by atoms with van der Waals surface area (Å²) in [4.78, 5) is 21.9. The monoisotopic (exact) mass is 368 g/mol. The molecule has 0 radical (unpaired) electrons. The van der Waals surface area contributed by atoms with Crippen LogP contribution < -0.4 is 0 Å². The molecular formula is C22H40O4. The molecule has 26 heavy (non-hydrogen) atoms. The van der Waals surface area contributed by atoms with Crippen molar-refractivity contribution in [2.45, 2.75) is 110 Å². The molecule has 4 nitrogen and oxygen atoms in total. The zero-order valence-electron chi connectivity index (χ0n) is 16.9.